The van der Waals surface area contributed by atoms with Crippen LogP contribution in [0.3, 0.4) is 0 Å². The van der Waals surface area contributed by atoms with Crippen molar-refractivity contribution in [1.29, 1.82) is 0 Å². The molecular weight excluding hydrogens is 306 g/mol. The van der Waals surface area contributed by atoms with Gasteiger partial charge in [0, 0.05) is 30.5 Å². The van der Waals surface area contributed by atoms with Crippen LogP contribution in [0.1, 0.15) is 25.5 Å². The van der Waals surface area contributed by atoms with Gasteiger partial charge in [-0.15, -0.1) is 0 Å². The molecule has 6 nitrogen and oxygen atoms in total. The Morgan fingerprint density at radius 2 is 2.12 bits per heavy atom. The minimum Gasteiger partial charge on any atom is -0.444 e. The maximum Gasteiger partial charge on any atom is 0.319 e. The summed E-state index contributed by atoms with van der Waals surface area (Å²) >= 11 is 0. The Balaban J connectivity index is 1.60. The number of urea groups is 1. The van der Waals surface area contributed by atoms with Gasteiger partial charge in [0.25, 0.3) is 0 Å². The molecule has 2 N–H and O–H groups in total. The number of nitrogens with zero attached hydrogens (tertiary/aromatic N) is 1. The van der Waals surface area contributed by atoms with E-state index < -0.39 is 0 Å². The number of benzene rings is 1. The Bertz CT molecular complexity index is 692. The van der Waals surface area contributed by atoms with E-state index >= 15 is 0 Å². The van der Waals surface area contributed by atoms with E-state index in [0.29, 0.717) is 17.5 Å². The van der Waals surface area contributed by atoms with Crippen LogP contribution in [-0.4, -0.2) is 30.3 Å². The number of aryl methyl sites for hydroxylation is 1. The third kappa shape index (κ3) is 4.14. The highest BCUT2D eigenvalue weighted by Gasteiger charge is 2.21. The van der Waals surface area contributed by atoms with Crippen LogP contribution in [-0.2, 0) is 4.74 Å². The van der Waals surface area contributed by atoms with Crippen molar-refractivity contribution in [1.82, 2.24) is 10.3 Å². The lowest BCUT2D eigenvalue weighted by Crippen LogP contribution is -2.42. The van der Waals surface area contributed by atoms with Gasteiger partial charge in [-0.05, 0) is 50.8 Å². The molecule has 1 aliphatic heterocycles. The summed E-state index contributed by atoms with van der Waals surface area (Å²) in [6, 6.07) is 7.38. The molecule has 2 amide bonds. The van der Waals surface area contributed by atoms with Gasteiger partial charge in [-0.3, -0.25) is 0 Å². The SMILES string of the molecule is Cc1coc(-c2cccc(NC(=O)NC(C)C3CCOCC3)c2)n1. The van der Waals surface area contributed by atoms with Crippen molar-refractivity contribution >= 4 is 11.7 Å². The first kappa shape index (κ1) is 16.5. The zero-order chi connectivity index (χ0) is 16.9. The number of amides is 2. The van der Waals surface area contributed by atoms with E-state index in [9.17, 15) is 4.79 Å². The highest BCUT2D eigenvalue weighted by Crippen LogP contribution is 2.22. The maximum atomic E-state index is 12.2. The number of carbonyl (C=O) groups is 1. The van der Waals surface area contributed by atoms with Gasteiger partial charge in [0.15, 0.2) is 0 Å². The molecule has 1 atom stereocenters. The molecule has 0 spiro atoms. The molecule has 0 aliphatic carbocycles. The van der Waals surface area contributed by atoms with E-state index in [1.165, 1.54) is 0 Å². The van der Waals surface area contributed by atoms with E-state index in [4.69, 9.17) is 9.15 Å². The Hall–Kier alpha value is -2.34. The van der Waals surface area contributed by atoms with Crippen LogP contribution in [0.15, 0.2) is 34.9 Å². The number of hydrogen-bond donors (Lipinski definition) is 2. The molecule has 128 valence electrons. The summed E-state index contributed by atoms with van der Waals surface area (Å²) in [5.41, 5.74) is 2.37. The molecule has 0 radical (unpaired) electrons. The smallest absolute Gasteiger partial charge is 0.319 e. The maximum absolute atomic E-state index is 12.2. The fourth-order valence-corrected chi connectivity index (χ4v) is 2.92. The minimum absolute atomic E-state index is 0.117. The molecule has 2 heterocycles. The topological polar surface area (TPSA) is 76.4 Å². The number of rotatable bonds is 4. The van der Waals surface area contributed by atoms with Crippen molar-refractivity contribution in [2.75, 3.05) is 18.5 Å². The average molecular weight is 329 g/mol. The van der Waals surface area contributed by atoms with Gasteiger partial charge in [-0.1, -0.05) is 6.07 Å². The lowest BCUT2D eigenvalue weighted by atomic mass is 9.93. The average Bonchev–Trinajstić information content (AvgIpc) is 3.02. The molecule has 2 aromatic rings. The van der Waals surface area contributed by atoms with Gasteiger partial charge in [0.2, 0.25) is 5.89 Å². The summed E-state index contributed by atoms with van der Waals surface area (Å²) < 4.78 is 10.8. The molecule has 1 fully saturated rings. The van der Waals surface area contributed by atoms with Crippen LogP contribution in [0.25, 0.3) is 11.5 Å². The number of hydrogen-bond acceptors (Lipinski definition) is 4. The highest BCUT2D eigenvalue weighted by molar-refractivity contribution is 5.90. The molecule has 1 aromatic heterocycles. The zero-order valence-electron chi connectivity index (χ0n) is 14.0. The second-order valence-electron chi connectivity index (χ2n) is 6.21. The Morgan fingerprint density at radius 3 is 2.83 bits per heavy atom. The highest BCUT2D eigenvalue weighted by atomic mass is 16.5. The Kier molecular flexibility index (Phi) is 5.15. The zero-order valence-corrected chi connectivity index (χ0v) is 14.0. The molecule has 1 aromatic carbocycles. The van der Waals surface area contributed by atoms with Gasteiger partial charge in [0.05, 0.1) is 5.69 Å². The second kappa shape index (κ2) is 7.49. The van der Waals surface area contributed by atoms with Gasteiger partial charge < -0.3 is 19.8 Å². The fraction of sp³-hybridized carbons (Fsp3) is 0.444. The predicted molar refractivity (Wildman–Crippen MR) is 91.8 cm³/mol. The predicted octanol–water partition coefficient (Wildman–Crippen LogP) is 3.59. The standard InChI is InChI=1S/C18H23N3O3/c1-12-11-24-17(19-12)15-4-3-5-16(10-15)21-18(22)20-13(2)14-6-8-23-9-7-14/h3-5,10-11,13-14H,6-9H2,1-2H3,(H2,20,21,22). The van der Waals surface area contributed by atoms with Gasteiger partial charge in [-0.2, -0.15) is 0 Å². The quantitative estimate of drug-likeness (QED) is 0.899. The lowest BCUT2D eigenvalue weighted by molar-refractivity contribution is 0.0573. The molecule has 6 heteroatoms. The number of carbonyl (C=O) groups excluding carboxylic acids is 1. The van der Waals surface area contributed by atoms with Crippen molar-refractivity contribution in [2.24, 2.45) is 5.92 Å². The van der Waals surface area contributed by atoms with E-state index in [0.717, 1.165) is 37.3 Å². The van der Waals surface area contributed by atoms with Gasteiger partial charge >= 0.3 is 6.03 Å². The molecule has 1 saturated heterocycles. The molecule has 0 saturated carbocycles. The van der Waals surface area contributed by atoms with Crippen LogP contribution < -0.4 is 10.6 Å². The third-order valence-corrected chi connectivity index (χ3v) is 4.32. The van der Waals surface area contributed by atoms with E-state index in [-0.39, 0.29) is 12.1 Å². The van der Waals surface area contributed by atoms with E-state index in [1.54, 1.807) is 6.26 Å². The van der Waals surface area contributed by atoms with Crippen LogP contribution in [0.2, 0.25) is 0 Å². The largest absolute Gasteiger partial charge is 0.444 e. The monoisotopic (exact) mass is 329 g/mol. The molecular formula is C18H23N3O3. The number of oxazole rings is 1. The Labute approximate surface area is 141 Å². The number of aromatic nitrogens is 1. The normalized spacial score (nSPS) is 16.6. The first-order chi connectivity index (χ1) is 11.6. The van der Waals surface area contributed by atoms with E-state index in [2.05, 4.69) is 15.6 Å². The van der Waals surface area contributed by atoms with Crippen molar-refractivity contribution < 1.29 is 13.9 Å². The number of anilines is 1. The second-order valence-corrected chi connectivity index (χ2v) is 6.21. The molecule has 24 heavy (non-hydrogen) atoms. The summed E-state index contributed by atoms with van der Waals surface area (Å²) in [4.78, 5) is 16.5. The number of ether oxygens (including phenoxy) is 1. The van der Waals surface area contributed by atoms with Crippen molar-refractivity contribution in [3.05, 3.63) is 36.2 Å². The summed E-state index contributed by atoms with van der Waals surface area (Å²) in [7, 11) is 0. The van der Waals surface area contributed by atoms with Crippen LogP contribution in [0.5, 0.6) is 0 Å². The van der Waals surface area contributed by atoms with Gasteiger partial charge in [0.1, 0.15) is 6.26 Å². The summed E-state index contributed by atoms with van der Waals surface area (Å²) in [5, 5.41) is 5.89. The molecule has 0 bridgehead atoms. The third-order valence-electron chi connectivity index (χ3n) is 4.32. The molecule has 3 rings (SSSR count). The fourth-order valence-electron chi connectivity index (χ4n) is 2.92. The first-order valence-electron chi connectivity index (χ1n) is 8.29. The number of nitrogens with one attached hydrogen (secondary N) is 2. The molecule has 1 unspecified atom stereocenters. The lowest BCUT2D eigenvalue weighted by Gasteiger charge is -2.28. The van der Waals surface area contributed by atoms with Crippen molar-refractivity contribution in [3.8, 4) is 11.5 Å². The van der Waals surface area contributed by atoms with Gasteiger partial charge in [-0.25, -0.2) is 9.78 Å². The van der Waals surface area contributed by atoms with Crippen molar-refractivity contribution in [3.63, 3.8) is 0 Å². The Morgan fingerprint density at radius 1 is 1.33 bits per heavy atom. The van der Waals surface area contributed by atoms with Crippen molar-refractivity contribution in [2.45, 2.75) is 32.7 Å². The van der Waals surface area contributed by atoms with Crippen LogP contribution >= 0.6 is 0 Å². The summed E-state index contributed by atoms with van der Waals surface area (Å²) in [6.07, 6.45) is 3.58. The first-order valence-corrected chi connectivity index (χ1v) is 8.29. The molecule has 1 aliphatic rings. The summed E-state index contributed by atoms with van der Waals surface area (Å²) in [5.74, 6) is 1.01. The van der Waals surface area contributed by atoms with Crippen LogP contribution in [0, 0.1) is 12.8 Å². The van der Waals surface area contributed by atoms with Crippen LogP contribution in [0.4, 0.5) is 10.5 Å². The van der Waals surface area contributed by atoms with E-state index in [1.807, 2.05) is 38.1 Å². The minimum atomic E-state index is -0.199. The summed E-state index contributed by atoms with van der Waals surface area (Å²) in [6.45, 7) is 5.47.